The van der Waals surface area contributed by atoms with Crippen LogP contribution in [-0.4, -0.2) is 43.0 Å². The molecule has 2 heterocycles. The van der Waals surface area contributed by atoms with Gasteiger partial charge in [0.25, 0.3) is 5.91 Å². The number of rotatable bonds is 4. The normalized spacial score (nSPS) is 15.0. The minimum atomic E-state index is -0.332. The highest BCUT2D eigenvalue weighted by Gasteiger charge is 2.24. The van der Waals surface area contributed by atoms with Gasteiger partial charge in [-0.25, -0.2) is 4.79 Å². The molecule has 1 aromatic carbocycles. The Kier molecular flexibility index (Phi) is 5.07. The lowest BCUT2D eigenvalue weighted by Gasteiger charge is -2.32. The molecular formula is C19H22N2O4. The predicted molar refractivity (Wildman–Crippen MR) is 93.8 cm³/mol. The van der Waals surface area contributed by atoms with Crippen molar-refractivity contribution >= 4 is 17.6 Å². The molecule has 6 nitrogen and oxygen atoms in total. The first kappa shape index (κ1) is 17.1. The molecule has 1 N–H and O–H groups in total. The Morgan fingerprint density at radius 1 is 1.24 bits per heavy atom. The molecule has 1 amide bonds. The van der Waals surface area contributed by atoms with Crippen LogP contribution in [0.2, 0.25) is 0 Å². The summed E-state index contributed by atoms with van der Waals surface area (Å²) in [5, 5.41) is 3.46. The van der Waals surface area contributed by atoms with Gasteiger partial charge in [-0.15, -0.1) is 0 Å². The largest absolute Gasteiger partial charge is 0.472 e. The summed E-state index contributed by atoms with van der Waals surface area (Å²) in [5.41, 5.74) is 2.94. The molecule has 0 bridgehead atoms. The molecule has 25 heavy (non-hydrogen) atoms. The molecule has 0 unspecified atom stereocenters. The van der Waals surface area contributed by atoms with Crippen LogP contribution < -0.4 is 5.32 Å². The van der Waals surface area contributed by atoms with E-state index >= 15 is 0 Å². The van der Waals surface area contributed by atoms with E-state index in [0.717, 1.165) is 24.1 Å². The van der Waals surface area contributed by atoms with Crippen LogP contribution >= 0.6 is 0 Å². The van der Waals surface area contributed by atoms with Crippen molar-refractivity contribution in [3.05, 3.63) is 53.5 Å². The van der Waals surface area contributed by atoms with Gasteiger partial charge in [0.15, 0.2) is 0 Å². The minimum absolute atomic E-state index is 0.00973. The Morgan fingerprint density at radius 3 is 2.64 bits per heavy atom. The van der Waals surface area contributed by atoms with Crippen LogP contribution in [0.3, 0.4) is 0 Å². The monoisotopic (exact) mass is 342 g/mol. The summed E-state index contributed by atoms with van der Waals surface area (Å²) in [6.07, 6.45) is 4.70. The van der Waals surface area contributed by atoms with Crippen molar-refractivity contribution < 1.29 is 18.7 Å². The fourth-order valence-electron chi connectivity index (χ4n) is 3.07. The first-order valence-electron chi connectivity index (χ1n) is 8.35. The smallest absolute Gasteiger partial charge is 0.338 e. The molecule has 0 radical (unpaired) electrons. The van der Waals surface area contributed by atoms with Crippen molar-refractivity contribution in [1.82, 2.24) is 4.90 Å². The summed E-state index contributed by atoms with van der Waals surface area (Å²) < 4.78 is 9.80. The van der Waals surface area contributed by atoms with Crippen LogP contribution in [-0.2, 0) is 4.74 Å². The van der Waals surface area contributed by atoms with E-state index in [2.05, 4.69) is 5.32 Å². The standard InChI is InChI=1S/C19H22N2O4/c1-13-3-4-16(11-17(13)19(23)24-2)20-15-5-8-21(9-6-15)18(22)14-7-10-25-12-14/h3-4,7,10-12,15,20H,5-6,8-9H2,1-2H3. The van der Waals surface area contributed by atoms with E-state index in [1.807, 2.05) is 30.0 Å². The lowest BCUT2D eigenvalue weighted by Crippen LogP contribution is -2.42. The SMILES string of the molecule is COC(=O)c1cc(NC2CCN(C(=O)c3ccoc3)CC2)ccc1C. The summed E-state index contributed by atoms with van der Waals surface area (Å²) in [4.78, 5) is 26.0. The van der Waals surface area contributed by atoms with Gasteiger partial charge in [0.1, 0.15) is 6.26 Å². The number of hydrogen-bond donors (Lipinski definition) is 1. The number of nitrogens with one attached hydrogen (secondary N) is 1. The molecule has 3 rings (SSSR count). The van der Waals surface area contributed by atoms with Crippen molar-refractivity contribution in [3.8, 4) is 0 Å². The third-order valence-corrected chi connectivity index (χ3v) is 4.56. The lowest BCUT2D eigenvalue weighted by atomic mass is 10.0. The quantitative estimate of drug-likeness (QED) is 0.865. The maximum absolute atomic E-state index is 12.3. The summed E-state index contributed by atoms with van der Waals surface area (Å²) in [6.45, 7) is 3.27. The van der Waals surface area contributed by atoms with Crippen LogP contribution in [0.5, 0.6) is 0 Å². The Labute approximate surface area is 146 Å². The van der Waals surface area contributed by atoms with E-state index in [4.69, 9.17) is 9.15 Å². The maximum Gasteiger partial charge on any atom is 0.338 e. The number of esters is 1. The Morgan fingerprint density at radius 2 is 2.00 bits per heavy atom. The van der Waals surface area contributed by atoms with E-state index in [1.54, 1.807) is 6.07 Å². The highest BCUT2D eigenvalue weighted by atomic mass is 16.5. The van der Waals surface area contributed by atoms with Gasteiger partial charge >= 0.3 is 5.97 Å². The number of piperidine rings is 1. The van der Waals surface area contributed by atoms with Gasteiger partial charge in [-0.05, 0) is 43.5 Å². The van der Waals surface area contributed by atoms with Crippen LogP contribution in [0.15, 0.2) is 41.2 Å². The predicted octanol–water partition coefficient (Wildman–Crippen LogP) is 3.09. The van der Waals surface area contributed by atoms with Gasteiger partial charge in [-0.3, -0.25) is 4.79 Å². The fourth-order valence-corrected chi connectivity index (χ4v) is 3.07. The Bertz CT molecular complexity index is 747. The second kappa shape index (κ2) is 7.42. The molecule has 0 atom stereocenters. The lowest BCUT2D eigenvalue weighted by molar-refractivity contribution is 0.0599. The third-order valence-electron chi connectivity index (χ3n) is 4.56. The van der Waals surface area contributed by atoms with Crippen molar-refractivity contribution in [2.75, 3.05) is 25.5 Å². The zero-order chi connectivity index (χ0) is 17.8. The van der Waals surface area contributed by atoms with E-state index in [9.17, 15) is 9.59 Å². The number of anilines is 1. The van der Waals surface area contributed by atoms with Crippen LogP contribution in [0.1, 0.15) is 39.1 Å². The van der Waals surface area contributed by atoms with Crippen LogP contribution in [0.25, 0.3) is 0 Å². The van der Waals surface area contributed by atoms with Crippen molar-refractivity contribution in [1.29, 1.82) is 0 Å². The van der Waals surface area contributed by atoms with E-state index in [-0.39, 0.29) is 17.9 Å². The maximum atomic E-state index is 12.3. The zero-order valence-corrected chi connectivity index (χ0v) is 14.5. The summed E-state index contributed by atoms with van der Waals surface area (Å²) in [7, 11) is 1.38. The highest BCUT2D eigenvalue weighted by molar-refractivity contribution is 5.94. The Balaban J connectivity index is 1.59. The van der Waals surface area contributed by atoms with Gasteiger partial charge in [0.2, 0.25) is 0 Å². The molecule has 1 aromatic heterocycles. The highest BCUT2D eigenvalue weighted by Crippen LogP contribution is 2.21. The molecule has 1 saturated heterocycles. The molecule has 0 aliphatic carbocycles. The van der Waals surface area contributed by atoms with Gasteiger partial charge in [-0.1, -0.05) is 6.07 Å². The topological polar surface area (TPSA) is 71.8 Å². The number of furan rings is 1. The van der Waals surface area contributed by atoms with Crippen LogP contribution in [0.4, 0.5) is 5.69 Å². The number of likely N-dealkylation sites (tertiary alicyclic amines) is 1. The number of amides is 1. The number of methoxy groups -OCH3 is 1. The second-order valence-electron chi connectivity index (χ2n) is 6.24. The molecule has 2 aromatic rings. The zero-order valence-electron chi connectivity index (χ0n) is 14.5. The fraction of sp³-hybridized carbons (Fsp3) is 0.368. The number of aryl methyl sites for hydroxylation is 1. The minimum Gasteiger partial charge on any atom is -0.472 e. The molecule has 1 fully saturated rings. The number of ether oxygens (including phenoxy) is 1. The van der Waals surface area contributed by atoms with Gasteiger partial charge < -0.3 is 19.4 Å². The first-order valence-corrected chi connectivity index (χ1v) is 8.35. The van der Waals surface area contributed by atoms with E-state index in [1.165, 1.54) is 19.6 Å². The van der Waals surface area contributed by atoms with E-state index < -0.39 is 0 Å². The number of carbonyl (C=O) groups excluding carboxylic acids is 2. The van der Waals surface area contributed by atoms with Crippen molar-refractivity contribution in [2.45, 2.75) is 25.8 Å². The number of hydrogen-bond acceptors (Lipinski definition) is 5. The van der Waals surface area contributed by atoms with Gasteiger partial charge in [0.05, 0.1) is 24.5 Å². The average molecular weight is 342 g/mol. The van der Waals surface area contributed by atoms with Gasteiger partial charge in [-0.2, -0.15) is 0 Å². The molecule has 0 spiro atoms. The Hall–Kier alpha value is -2.76. The average Bonchev–Trinajstić information content (AvgIpc) is 3.17. The summed E-state index contributed by atoms with van der Waals surface area (Å²) in [6, 6.07) is 7.65. The van der Waals surface area contributed by atoms with Gasteiger partial charge in [0, 0.05) is 24.8 Å². The molecule has 0 saturated carbocycles. The number of nitrogens with zero attached hydrogens (tertiary/aromatic N) is 1. The molecule has 1 aliphatic heterocycles. The third kappa shape index (κ3) is 3.84. The first-order chi connectivity index (χ1) is 12.1. The molecular weight excluding hydrogens is 320 g/mol. The number of benzene rings is 1. The molecule has 6 heteroatoms. The second-order valence-corrected chi connectivity index (χ2v) is 6.24. The molecule has 1 aliphatic rings. The van der Waals surface area contributed by atoms with Crippen molar-refractivity contribution in [3.63, 3.8) is 0 Å². The van der Waals surface area contributed by atoms with Crippen LogP contribution in [0, 0.1) is 6.92 Å². The number of carbonyl (C=O) groups is 2. The summed E-state index contributed by atoms with van der Waals surface area (Å²) >= 11 is 0. The molecule has 132 valence electrons. The summed E-state index contributed by atoms with van der Waals surface area (Å²) in [5.74, 6) is -0.322. The van der Waals surface area contributed by atoms with E-state index in [0.29, 0.717) is 24.2 Å². The van der Waals surface area contributed by atoms with Crippen molar-refractivity contribution in [2.24, 2.45) is 0 Å².